The molecule has 0 radical (unpaired) electrons. The Morgan fingerprint density at radius 2 is 2.12 bits per heavy atom. The van der Waals surface area contributed by atoms with Gasteiger partial charge in [-0.15, -0.1) is 11.3 Å². The van der Waals surface area contributed by atoms with Gasteiger partial charge in [-0.2, -0.15) is 0 Å². The van der Waals surface area contributed by atoms with Crippen LogP contribution in [0.1, 0.15) is 22.3 Å². The van der Waals surface area contributed by atoms with Crippen LogP contribution in [0.25, 0.3) is 0 Å². The highest BCUT2D eigenvalue weighted by molar-refractivity contribution is 7.10. The van der Waals surface area contributed by atoms with Crippen LogP contribution in [0.4, 0.5) is 5.82 Å². The van der Waals surface area contributed by atoms with E-state index in [0.717, 1.165) is 33.6 Å². The highest BCUT2D eigenvalue weighted by atomic mass is 32.1. The first-order valence-corrected chi connectivity index (χ1v) is 8.44. The third kappa shape index (κ3) is 2.43. The van der Waals surface area contributed by atoms with E-state index in [0.29, 0.717) is 0 Å². The molecule has 3 aromatic rings. The van der Waals surface area contributed by atoms with Crippen molar-refractivity contribution in [1.82, 2.24) is 14.5 Å². The van der Waals surface area contributed by atoms with Crippen molar-refractivity contribution in [1.29, 1.82) is 0 Å². The van der Waals surface area contributed by atoms with Gasteiger partial charge in [0.2, 0.25) is 0 Å². The molecule has 0 saturated heterocycles. The van der Waals surface area contributed by atoms with Gasteiger partial charge in [-0.3, -0.25) is 9.98 Å². The van der Waals surface area contributed by atoms with E-state index in [-0.39, 0.29) is 6.04 Å². The van der Waals surface area contributed by atoms with Gasteiger partial charge in [0, 0.05) is 43.1 Å². The summed E-state index contributed by atoms with van der Waals surface area (Å²) in [6, 6.07) is 7.82. The van der Waals surface area contributed by atoms with Crippen molar-refractivity contribution >= 4 is 28.7 Å². The standard InChI is InChI=1S/C17H16N6S/c1-18-16-14(12-6-4-10-24-12)21-13(17-20-8-9-23(17)2)11-5-3-7-19-15(11)22-16/h3-10,14H,1-2H3,(H,18,19,22). The Balaban J connectivity index is 1.97. The Kier molecular flexibility index (Phi) is 3.70. The summed E-state index contributed by atoms with van der Waals surface area (Å²) in [6.07, 6.45) is 5.46. The fourth-order valence-corrected chi connectivity index (χ4v) is 3.51. The molecular formula is C17H16N6S. The lowest BCUT2D eigenvalue weighted by atomic mass is 10.1. The molecule has 24 heavy (non-hydrogen) atoms. The molecule has 7 heteroatoms. The number of aryl methyl sites for hydroxylation is 1. The predicted molar refractivity (Wildman–Crippen MR) is 97.1 cm³/mol. The molecule has 0 aliphatic carbocycles. The topological polar surface area (TPSA) is 67.5 Å². The van der Waals surface area contributed by atoms with Crippen molar-refractivity contribution in [2.24, 2.45) is 17.0 Å². The first-order valence-electron chi connectivity index (χ1n) is 7.56. The summed E-state index contributed by atoms with van der Waals surface area (Å²) < 4.78 is 1.97. The van der Waals surface area contributed by atoms with E-state index in [4.69, 9.17) is 4.99 Å². The SMILES string of the molecule is CN=C1Nc2ncccc2C(c2nccn2C)=NC1c1cccs1. The smallest absolute Gasteiger partial charge is 0.158 e. The number of nitrogens with zero attached hydrogens (tertiary/aromatic N) is 5. The quantitative estimate of drug-likeness (QED) is 0.782. The van der Waals surface area contributed by atoms with Crippen LogP contribution < -0.4 is 5.32 Å². The number of amidine groups is 1. The van der Waals surface area contributed by atoms with Crippen LogP contribution in [-0.4, -0.2) is 33.1 Å². The molecule has 1 atom stereocenters. The minimum absolute atomic E-state index is 0.198. The number of hydrogen-bond acceptors (Lipinski definition) is 5. The molecule has 0 bridgehead atoms. The van der Waals surface area contributed by atoms with Gasteiger partial charge in [-0.05, 0) is 23.6 Å². The Labute approximate surface area is 143 Å². The van der Waals surface area contributed by atoms with Crippen molar-refractivity contribution in [3.05, 3.63) is 64.5 Å². The summed E-state index contributed by atoms with van der Waals surface area (Å²) in [6.45, 7) is 0. The minimum Gasteiger partial charge on any atom is -0.333 e. The summed E-state index contributed by atoms with van der Waals surface area (Å²) in [7, 11) is 3.74. The molecule has 1 aliphatic rings. The highest BCUT2D eigenvalue weighted by Crippen LogP contribution is 2.30. The van der Waals surface area contributed by atoms with Gasteiger partial charge in [0.1, 0.15) is 23.4 Å². The zero-order chi connectivity index (χ0) is 16.5. The van der Waals surface area contributed by atoms with Crippen LogP contribution in [0.2, 0.25) is 0 Å². The molecular weight excluding hydrogens is 320 g/mol. The molecule has 1 unspecified atom stereocenters. The number of pyridine rings is 1. The van der Waals surface area contributed by atoms with Gasteiger partial charge in [0.05, 0.1) is 0 Å². The first-order chi connectivity index (χ1) is 11.8. The number of nitrogens with one attached hydrogen (secondary N) is 1. The molecule has 0 amide bonds. The average Bonchev–Trinajstić information content (AvgIpc) is 3.24. The van der Waals surface area contributed by atoms with Crippen LogP contribution in [-0.2, 0) is 7.05 Å². The molecule has 120 valence electrons. The largest absolute Gasteiger partial charge is 0.333 e. The fraction of sp³-hybridized carbons (Fsp3) is 0.176. The van der Waals surface area contributed by atoms with E-state index in [1.807, 2.05) is 36.0 Å². The summed E-state index contributed by atoms with van der Waals surface area (Å²) in [5.41, 5.74) is 1.74. The minimum atomic E-state index is -0.198. The van der Waals surface area contributed by atoms with Crippen LogP contribution in [0.15, 0.2) is 58.2 Å². The van der Waals surface area contributed by atoms with E-state index >= 15 is 0 Å². The Bertz CT molecular complexity index is 922. The molecule has 0 fully saturated rings. The number of imidazole rings is 1. The van der Waals surface area contributed by atoms with E-state index in [2.05, 4.69) is 31.7 Å². The molecule has 0 aromatic carbocycles. The maximum atomic E-state index is 5.03. The molecule has 0 spiro atoms. The van der Waals surface area contributed by atoms with Gasteiger partial charge < -0.3 is 9.88 Å². The van der Waals surface area contributed by atoms with Crippen molar-refractivity contribution in [2.75, 3.05) is 12.4 Å². The second-order valence-corrected chi connectivity index (χ2v) is 6.37. The Hall–Kier alpha value is -2.80. The number of aromatic nitrogens is 3. The molecule has 4 heterocycles. The van der Waals surface area contributed by atoms with Gasteiger partial charge in [0.15, 0.2) is 5.82 Å². The molecule has 0 saturated carbocycles. The van der Waals surface area contributed by atoms with Gasteiger partial charge in [-0.1, -0.05) is 6.07 Å². The molecule has 6 nitrogen and oxygen atoms in total. The zero-order valence-electron chi connectivity index (χ0n) is 13.3. The third-order valence-corrected chi connectivity index (χ3v) is 4.84. The number of hydrogen-bond donors (Lipinski definition) is 1. The normalized spacial score (nSPS) is 18.7. The highest BCUT2D eigenvalue weighted by Gasteiger charge is 2.27. The number of anilines is 1. The predicted octanol–water partition coefficient (Wildman–Crippen LogP) is 2.91. The summed E-state index contributed by atoms with van der Waals surface area (Å²) in [5.74, 6) is 2.34. The van der Waals surface area contributed by atoms with Gasteiger partial charge >= 0.3 is 0 Å². The Morgan fingerprint density at radius 3 is 2.83 bits per heavy atom. The first kappa shape index (κ1) is 14.8. The van der Waals surface area contributed by atoms with Crippen molar-refractivity contribution in [3.63, 3.8) is 0 Å². The van der Waals surface area contributed by atoms with Crippen LogP contribution in [0.3, 0.4) is 0 Å². The van der Waals surface area contributed by atoms with Gasteiger partial charge in [0.25, 0.3) is 0 Å². The number of fused-ring (bicyclic) bond motifs is 1. The lowest BCUT2D eigenvalue weighted by Crippen LogP contribution is -2.19. The van der Waals surface area contributed by atoms with E-state index < -0.39 is 0 Å². The van der Waals surface area contributed by atoms with Crippen LogP contribution in [0, 0.1) is 0 Å². The summed E-state index contributed by atoms with van der Waals surface area (Å²) in [5, 5.41) is 5.40. The lowest BCUT2D eigenvalue weighted by Gasteiger charge is -2.13. The second kappa shape index (κ2) is 6.01. The molecule has 3 aromatic heterocycles. The monoisotopic (exact) mass is 336 g/mol. The van der Waals surface area contributed by atoms with Crippen LogP contribution in [0.5, 0.6) is 0 Å². The summed E-state index contributed by atoms with van der Waals surface area (Å²) in [4.78, 5) is 19.5. The van der Waals surface area contributed by atoms with Crippen molar-refractivity contribution in [2.45, 2.75) is 6.04 Å². The fourth-order valence-electron chi connectivity index (χ4n) is 2.74. The second-order valence-electron chi connectivity index (χ2n) is 5.39. The molecule has 1 N–H and O–H groups in total. The third-order valence-electron chi connectivity index (χ3n) is 3.91. The van der Waals surface area contributed by atoms with Crippen LogP contribution >= 0.6 is 11.3 Å². The van der Waals surface area contributed by atoms with Crippen molar-refractivity contribution in [3.8, 4) is 0 Å². The number of aliphatic imine (C=N–C) groups is 2. The van der Waals surface area contributed by atoms with E-state index in [9.17, 15) is 0 Å². The van der Waals surface area contributed by atoms with E-state index in [1.54, 1.807) is 30.8 Å². The Morgan fingerprint density at radius 1 is 1.21 bits per heavy atom. The average molecular weight is 336 g/mol. The molecule has 4 rings (SSSR count). The number of thiophene rings is 1. The van der Waals surface area contributed by atoms with E-state index in [1.165, 1.54) is 0 Å². The number of rotatable bonds is 2. The summed E-state index contributed by atoms with van der Waals surface area (Å²) >= 11 is 1.66. The maximum Gasteiger partial charge on any atom is 0.158 e. The lowest BCUT2D eigenvalue weighted by molar-refractivity contribution is 0.889. The van der Waals surface area contributed by atoms with Crippen molar-refractivity contribution < 1.29 is 0 Å². The zero-order valence-corrected chi connectivity index (χ0v) is 14.2. The maximum absolute atomic E-state index is 5.03. The molecule has 1 aliphatic heterocycles. The van der Waals surface area contributed by atoms with Gasteiger partial charge in [-0.25, -0.2) is 9.97 Å².